The highest BCUT2D eigenvalue weighted by molar-refractivity contribution is 7.80. The maximum atomic E-state index is 13.6. The Kier molecular flexibility index (Phi) is 5.90. The van der Waals surface area contributed by atoms with Crippen LogP contribution in [-0.2, 0) is 22.7 Å². The molecule has 6 rings (SSSR count). The van der Waals surface area contributed by atoms with E-state index >= 15 is 0 Å². The molecule has 2 saturated heterocycles. The van der Waals surface area contributed by atoms with Crippen molar-refractivity contribution in [1.82, 2.24) is 20.1 Å². The molecule has 2 unspecified atom stereocenters. The number of fused-ring (bicyclic) bond motifs is 2. The Morgan fingerprint density at radius 2 is 1.89 bits per heavy atom. The lowest BCUT2D eigenvalue weighted by molar-refractivity contribution is -0.137. The number of aromatic nitrogens is 1. The van der Waals surface area contributed by atoms with E-state index < -0.39 is 0 Å². The third-order valence-electron chi connectivity index (χ3n) is 7.95. The molecule has 0 radical (unpaired) electrons. The van der Waals surface area contributed by atoms with Crippen LogP contribution in [0.4, 0.5) is 4.39 Å². The van der Waals surface area contributed by atoms with Crippen LogP contribution in [0.1, 0.15) is 59.2 Å². The lowest BCUT2D eigenvalue weighted by atomic mass is 9.89. The van der Waals surface area contributed by atoms with Gasteiger partial charge in [0.2, 0.25) is 11.8 Å². The fraction of sp³-hybridized carbons (Fsp3) is 0.407. The van der Waals surface area contributed by atoms with E-state index in [1.165, 1.54) is 22.8 Å². The number of carbonyl (C=O) groups is 2. The normalized spacial score (nSPS) is 24.2. The summed E-state index contributed by atoms with van der Waals surface area (Å²) in [6.07, 6.45) is 5.09. The van der Waals surface area contributed by atoms with Crippen LogP contribution in [0.3, 0.4) is 0 Å². The van der Waals surface area contributed by atoms with Crippen molar-refractivity contribution < 1.29 is 14.0 Å². The molecule has 8 heteroatoms. The zero-order valence-corrected chi connectivity index (χ0v) is 20.4. The van der Waals surface area contributed by atoms with Crippen molar-refractivity contribution in [3.05, 3.63) is 70.7 Å². The summed E-state index contributed by atoms with van der Waals surface area (Å²) in [6, 6.07) is 11.0. The quantitative estimate of drug-likeness (QED) is 0.377. The highest BCUT2D eigenvalue weighted by Crippen LogP contribution is 2.41. The summed E-state index contributed by atoms with van der Waals surface area (Å²) < 4.78 is 13.6. The zero-order chi connectivity index (χ0) is 24.1. The number of amides is 2. The lowest BCUT2D eigenvalue weighted by Gasteiger charge is -2.33. The van der Waals surface area contributed by atoms with Gasteiger partial charge in [-0.3, -0.25) is 24.7 Å². The Morgan fingerprint density at radius 3 is 2.69 bits per heavy atom. The number of aromatic amines is 1. The van der Waals surface area contributed by atoms with Crippen LogP contribution < -0.4 is 5.32 Å². The Bertz CT molecular complexity index is 1300. The molecule has 0 saturated carbocycles. The number of imide groups is 1. The van der Waals surface area contributed by atoms with E-state index in [0.717, 1.165) is 48.9 Å². The monoisotopic (exact) mass is 492 g/mol. The number of nitrogens with zero attached hydrogens (tertiary/aromatic N) is 2. The Hall–Kier alpha value is -2.68. The number of likely N-dealkylation sites (tertiary alicyclic amines) is 1. The van der Waals surface area contributed by atoms with Crippen LogP contribution in [0.2, 0.25) is 0 Å². The first kappa shape index (κ1) is 22.8. The van der Waals surface area contributed by atoms with Gasteiger partial charge in [-0.2, -0.15) is 12.6 Å². The van der Waals surface area contributed by atoms with Gasteiger partial charge in [-0.05, 0) is 78.7 Å². The van der Waals surface area contributed by atoms with Crippen LogP contribution in [0.25, 0.3) is 10.9 Å². The van der Waals surface area contributed by atoms with Crippen molar-refractivity contribution in [3.8, 4) is 0 Å². The van der Waals surface area contributed by atoms with E-state index in [9.17, 15) is 14.0 Å². The summed E-state index contributed by atoms with van der Waals surface area (Å²) in [7, 11) is 0. The minimum absolute atomic E-state index is 0.147. The number of halogens is 1. The van der Waals surface area contributed by atoms with Gasteiger partial charge in [0.25, 0.3) is 0 Å². The molecule has 0 aliphatic carbocycles. The van der Waals surface area contributed by atoms with Crippen LogP contribution in [0.15, 0.2) is 42.6 Å². The summed E-state index contributed by atoms with van der Waals surface area (Å²) in [5.74, 6) is -0.146. The molecule has 2 N–H and O–H groups in total. The average Bonchev–Trinajstić information content (AvgIpc) is 3.41. The van der Waals surface area contributed by atoms with Gasteiger partial charge in [-0.25, -0.2) is 4.39 Å². The van der Waals surface area contributed by atoms with Gasteiger partial charge in [0, 0.05) is 36.6 Å². The number of H-pyrrole nitrogens is 1. The van der Waals surface area contributed by atoms with Crippen molar-refractivity contribution in [3.63, 3.8) is 0 Å². The summed E-state index contributed by atoms with van der Waals surface area (Å²) in [5.41, 5.74) is 5.87. The number of piperidine rings is 2. The summed E-state index contributed by atoms with van der Waals surface area (Å²) in [4.78, 5) is 31.9. The molecule has 2 amide bonds. The van der Waals surface area contributed by atoms with Crippen molar-refractivity contribution >= 4 is 35.3 Å². The van der Waals surface area contributed by atoms with Crippen molar-refractivity contribution in [2.75, 3.05) is 13.1 Å². The van der Waals surface area contributed by atoms with E-state index in [0.29, 0.717) is 25.3 Å². The minimum atomic E-state index is -0.323. The molecule has 2 fully saturated rings. The number of carbonyl (C=O) groups excluding carboxylic acids is 2. The number of hydrogen-bond donors (Lipinski definition) is 3. The Labute approximate surface area is 209 Å². The largest absolute Gasteiger partial charge is 0.361 e. The highest BCUT2D eigenvalue weighted by atomic mass is 32.1. The topological polar surface area (TPSA) is 68.4 Å². The molecule has 0 spiro atoms. The molecule has 2 atom stereocenters. The smallest absolute Gasteiger partial charge is 0.243 e. The fourth-order valence-electron chi connectivity index (χ4n) is 6.07. The highest BCUT2D eigenvalue weighted by Gasteiger charge is 2.39. The maximum absolute atomic E-state index is 13.6. The van der Waals surface area contributed by atoms with Crippen molar-refractivity contribution in [1.29, 1.82) is 0 Å². The molecule has 3 aliphatic rings. The number of nitrogens with one attached hydrogen (secondary N) is 2. The van der Waals surface area contributed by atoms with Crippen LogP contribution in [0, 0.1) is 5.82 Å². The van der Waals surface area contributed by atoms with E-state index in [4.69, 9.17) is 12.6 Å². The Morgan fingerprint density at radius 1 is 1.06 bits per heavy atom. The SMILES string of the molecule is O=C1CCC(N2Cc3c(CN4CCC(c5c[nH]c6cc(F)ccc56)CC4)cccc3C2S)C(=O)N1. The van der Waals surface area contributed by atoms with E-state index in [1.54, 1.807) is 6.07 Å². The van der Waals surface area contributed by atoms with Gasteiger partial charge in [-0.1, -0.05) is 18.2 Å². The van der Waals surface area contributed by atoms with Crippen molar-refractivity contribution in [2.45, 2.75) is 56.1 Å². The molecular weight excluding hydrogens is 463 g/mol. The van der Waals surface area contributed by atoms with Crippen molar-refractivity contribution in [2.24, 2.45) is 0 Å². The molecule has 182 valence electrons. The number of hydrogen-bond acceptors (Lipinski definition) is 5. The van der Waals surface area contributed by atoms with Crippen LogP contribution in [0.5, 0.6) is 0 Å². The molecule has 3 aromatic rings. The van der Waals surface area contributed by atoms with E-state index in [2.05, 4.69) is 38.3 Å². The maximum Gasteiger partial charge on any atom is 0.243 e. The van der Waals surface area contributed by atoms with Gasteiger partial charge in [-0.15, -0.1) is 0 Å². The lowest BCUT2D eigenvalue weighted by Crippen LogP contribution is -2.51. The first-order valence-electron chi connectivity index (χ1n) is 12.3. The van der Waals surface area contributed by atoms with Gasteiger partial charge >= 0.3 is 0 Å². The molecule has 1 aromatic heterocycles. The standard InChI is InChI=1S/C27H29FN4O2S/c28-18-4-5-19-21(13-29-23(19)12-18)16-8-10-31(11-9-16)14-17-2-1-3-20-22(17)15-32(27(20)35)24-6-7-25(33)30-26(24)34/h1-5,12-13,16,24,27,29,35H,6-11,14-15H2,(H,30,33,34). The third-order valence-corrected chi connectivity index (χ3v) is 8.52. The second kappa shape index (κ2) is 9.08. The van der Waals surface area contributed by atoms with Crippen LogP contribution in [-0.4, -0.2) is 45.7 Å². The molecule has 4 heterocycles. The van der Waals surface area contributed by atoms with Gasteiger partial charge in [0.15, 0.2) is 0 Å². The predicted molar refractivity (Wildman–Crippen MR) is 135 cm³/mol. The number of thiol groups is 1. The Balaban J connectivity index is 1.14. The molecule has 35 heavy (non-hydrogen) atoms. The summed E-state index contributed by atoms with van der Waals surface area (Å²) in [5, 5.41) is 3.46. The first-order valence-corrected chi connectivity index (χ1v) is 12.9. The second-order valence-corrected chi connectivity index (χ2v) is 10.5. The van der Waals surface area contributed by atoms with Crippen LogP contribution >= 0.6 is 12.6 Å². The van der Waals surface area contributed by atoms with Gasteiger partial charge in [0.1, 0.15) is 5.82 Å². The van der Waals surface area contributed by atoms with E-state index in [-0.39, 0.29) is 29.0 Å². The molecule has 3 aliphatic heterocycles. The summed E-state index contributed by atoms with van der Waals surface area (Å²) in [6.45, 7) is 3.56. The molecule has 2 aromatic carbocycles. The number of benzene rings is 2. The summed E-state index contributed by atoms with van der Waals surface area (Å²) >= 11 is 4.86. The number of rotatable bonds is 4. The average molecular weight is 493 g/mol. The van der Waals surface area contributed by atoms with E-state index in [1.807, 2.05) is 12.3 Å². The zero-order valence-electron chi connectivity index (χ0n) is 19.5. The molecule has 0 bridgehead atoms. The third kappa shape index (κ3) is 4.17. The fourth-order valence-corrected chi connectivity index (χ4v) is 6.55. The minimum Gasteiger partial charge on any atom is -0.361 e. The molecule has 6 nitrogen and oxygen atoms in total. The van der Waals surface area contributed by atoms with Gasteiger partial charge in [0.05, 0.1) is 11.4 Å². The predicted octanol–water partition coefficient (Wildman–Crippen LogP) is 4.24. The molecular formula is C27H29FN4O2S. The van der Waals surface area contributed by atoms with Gasteiger partial charge < -0.3 is 4.98 Å². The second-order valence-electron chi connectivity index (χ2n) is 9.98. The first-order chi connectivity index (χ1) is 17.0.